The van der Waals surface area contributed by atoms with Crippen LogP contribution in [0.1, 0.15) is 53.5 Å². The molecule has 1 aromatic heterocycles. The zero-order chi connectivity index (χ0) is 15.1. The molecule has 112 valence electrons. The normalized spacial score (nSPS) is 10.6. The van der Waals surface area contributed by atoms with Crippen LogP contribution in [0.25, 0.3) is 0 Å². The van der Waals surface area contributed by atoms with Gasteiger partial charge < -0.3 is 4.74 Å². The van der Waals surface area contributed by atoms with Crippen molar-refractivity contribution < 1.29 is 9.53 Å². The van der Waals surface area contributed by atoms with Gasteiger partial charge in [0.25, 0.3) is 0 Å². The van der Waals surface area contributed by atoms with Gasteiger partial charge in [0.15, 0.2) is 0 Å². The van der Waals surface area contributed by atoms with E-state index in [1.54, 1.807) is 0 Å². The molecule has 1 heterocycles. The van der Waals surface area contributed by atoms with Crippen molar-refractivity contribution >= 4 is 5.97 Å². The topological polar surface area (TPSA) is 55.0 Å². The van der Waals surface area contributed by atoms with Crippen LogP contribution in [-0.2, 0) is 17.8 Å². The van der Waals surface area contributed by atoms with Crippen LogP contribution in [-0.4, -0.2) is 16.2 Å². The maximum Gasteiger partial charge on any atom is 0.342 e. The van der Waals surface area contributed by atoms with Crippen molar-refractivity contribution in [2.24, 2.45) is 0 Å². The fraction of sp³-hybridized carbons (Fsp3) is 0.412. The standard InChI is InChI=1S/C17H22N2O2/c1-3-4-6-11-15-16(13(2)18-19-15)17(20)21-12-14-9-7-5-8-10-14/h5,7-10H,3-4,6,11-12H2,1-2H3,(H,18,19). The predicted octanol–water partition coefficient (Wildman–Crippen LogP) is 3.81. The van der Waals surface area contributed by atoms with E-state index in [0.717, 1.165) is 42.6 Å². The molecule has 4 heteroatoms. The number of benzene rings is 1. The number of aromatic nitrogens is 2. The lowest BCUT2D eigenvalue weighted by Crippen LogP contribution is -2.08. The minimum absolute atomic E-state index is 0.290. The third-order valence-electron chi connectivity index (χ3n) is 3.46. The van der Waals surface area contributed by atoms with Gasteiger partial charge in [-0.05, 0) is 25.3 Å². The minimum Gasteiger partial charge on any atom is -0.457 e. The maximum absolute atomic E-state index is 12.3. The first kappa shape index (κ1) is 15.3. The van der Waals surface area contributed by atoms with E-state index in [-0.39, 0.29) is 5.97 Å². The van der Waals surface area contributed by atoms with Gasteiger partial charge in [0.1, 0.15) is 12.2 Å². The second kappa shape index (κ2) is 7.62. The number of unbranched alkanes of at least 4 members (excludes halogenated alkanes) is 2. The molecular weight excluding hydrogens is 264 g/mol. The van der Waals surface area contributed by atoms with Crippen LogP contribution >= 0.6 is 0 Å². The van der Waals surface area contributed by atoms with E-state index in [0.29, 0.717) is 12.2 Å². The van der Waals surface area contributed by atoms with E-state index < -0.39 is 0 Å². The Bertz CT molecular complexity index is 576. The highest BCUT2D eigenvalue weighted by atomic mass is 16.5. The second-order valence-corrected chi connectivity index (χ2v) is 5.19. The molecule has 0 radical (unpaired) electrons. The number of aryl methyl sites for hydroxylation is 2. The maximum atomic E-state index is 12.3. The van der Waals surface area contributed by atoms with Crippen molar-refractivity contribution in [3.63, 3.8) is 0 Å². The Balaban J connectivity index is 1.99. The Hall–Kier alpha value is -2.10. The second-order valence-electron chi connectivity index (χ2n) is 5.19. The molecule has 1 aromatic carbocycles. The monoisotopic (exact) mass is 286 g/mol. The summed E-state index contributed by atoms with van der Waals surface area (Å²) >= 11 is 0. The molecule has 0 aliphatic rings. The average Bonchev–Trinajstić information content (AvgIpc) is 2.87. The molecule has 0 aliphatic carbocycles. The summed E-state index contributed by atoms with van der Waals surface area (Å²) in [7, 11) is 0. The number of carbonyl (C=O) groups is 1. The molecular formula is C17H22N2O2. The number of carbonyl (C=O) groups excluding carboxylic acids is 1. The molecule has 0 aliphatic heterocycles. The van der Waals surface area contributed by atoms with Gasteiger partial charge in [-0.25, -0.2) is 4.79 Å². The van der Waals surface area contributed by atoms with Crippen molar-refractivity contribution in [2.45, 2.75) is 46.1 Å². The third kappa shape index (κ3) is 4.18. The molecule has 21 heavy (non-hydrogen) atoms. The van der Waals surface area contributed by atoms with Gasteiger partial charge in [-0.1, -0.05) is 50.1 Å². The van der Waals surface area contributed by atoms with Crippen LogP contribution in [0.5, 0.6) is 0 Å². The summed E-state index contributed by atoms with van der Waals surface area (Å²) in [5, 5.41) is 7.13. The Labute approximate surface area is 125 Å². The van der Waals surface area contributed by atoms with Crippen LogP contribution in [0.2, 0.25) is 0 Å². The highest BCUT2D eigenvalue weighted by Gasteiger charge is 2.19. The van der Waals surface area contributed by atoms with Crippen LogP contribution in [0, 0.1) is 6.92 Å². The Kier molecular flexibility index (Phi) is 5.55. The summed E-state index contributed by atoms with van der Waals surface area (Å²) in [4.78, 5) is 12.3. The molecule has 0 spiro atoms. The molecule has 0 bridgehead atoms. The zero-order valence-corrected chi connectivity index (χ0v) is 12.7. The predicted molar refractivity (Wildman–Crippen MR) is 82.1 cm³/mol. The molecule has 0 unspecified atom stereocenters. The Morgan fingerprint density at radius 1 is 1.24 bits per heavy atom. The van der Waals surface area contributed by atoms with Crippen molar-refractivity contribution in [2.75, 3.05) is 0 Å². The molecule has 2 aromatic rings. The lowest BCUT2D eigenvalue weighted by Gasteiger charge is -2.06. The summed E-state index contributed by atoms with van der Waals surface area (Å²) in [5.74, 6) is -0.295. The lowest BCUT2D eigenvalue weighted by atomic mass is 10.1. The molecule has 0 atom stereocenters. The largest absolute Gasteiger partial charge is 0.457 e. The number of hydrogen-bond acceptors (Lipinski definition) is 3. The third-order valence-corrected chi connectivity index (χ3v) is 3.46. The first-order valence-corrected chi connectivity index (χ1v) is 7.47. The highest BCUT2D eigenvalue weighted by Crippen LogP contribution is 2.16. The summed E-state index contributed by atoms with van der Waals surface area (Å²) in [6, 6.07) is 9.69. The van der Waals surface area contributed by atoms with E-state index in [1.165, 1.54) is 0 Å². The molecule has 0 amide bonds. The smallest absolute Gasteiger partial charge is 0.342 e. The number of nitrogens with one attached hydrogen (secondary N) is 1. The number of H-pyrrole nitrogens is 1. The van der Waals surface area contributed by atoms with E-state index in [1.807, 2.05) is 37.3 Å². The van der Waals surface area contributed by atoms with Crippen molar-refractivity contribution in [1.82, 2.24) is 10.2 Å². The number of rotatable bonds is 7. The van der Waals surface area contributed by atoms with Gasteiger partial charge in [0, 0.05) is 5.69 Å². The van der Waals surface area contributed by atoms with Crippen LogP contribution < -0.4 is 0 Å². The quantitative estimate of drug-likeness (QED) is 0.622. The van der Waals surface area contributed by atoms with Crippen molar-refractivity contribution in [3.05, 3.63) is 52.8 Å². The SMILES string of the molecule is CCCCCc1n[nH]c(C)c1C(=O)OCc1ccccc1. The minimum atomic E-state index is -0.295. The van der Waals surface area contributed by atoms with Gasteiger partial charge in [-0.2, -0.15) is 5.10 Å². The van der Waals surface area contributed by atoms with E-state index >= 15 is 0 Å². The van der Waals surface area contributed by atoms with Crippen molar-refractivity contribution in [1.29, 1.82) is 0 Å². The summed E-state index contributed by atoms with van der Waals surface area (Å²) < 4.78 is 5.40. The number of ether oxygens (including phenoxy) is 1. The van der Waals surface area contributed by atoms with E-state index in [2.05, 4.69) is 17.1 Å². The Morgan fingerprint density at radius 2 is 2.00 bits per heavy atom. The fourth-order valence-electron chi connectivity index (χ4n) is 2.27. The number of esters is 1. The van der Waals surface area contributed by atoms with Crippen LogP contribution in [0.3, 0.4) is 0 Å². The number of nitrogens with zero attached hydrogens (tertiary/aromatic N) is 1. The fourth-order valence-corrected chi connectivity index (χ4v) is 2.27. The molecule has 1 N–H and O–H groups in total. The molecule has 0 fully saturated rings. The zero-order valence-electron chi connectivity index (χ0n) is 12.7. The van der Waals surface area contributed by atoms with Crippen LogP contribution in [0.4, 0.5) is 0 Å². The first-order valence-electron chi connectivity index (χ1n) is 7.47. The molecule has 4 nitrogen and oxygen atoms in total. The van der Waals surface area contributed by atoms with Gasteiger partial charge in [-0.15, -0.1) is 0 Å². The summed E-state index contributed by atoms with van der Waals surface area (Å²) in [6.45, 7) is 4.30. The van der Waals surface area contributed by atoms with E-state index in [9.17, 15) is 4.79 Å². The molecule has 0 saturated carbocycles. The lowest BCUT2D eigenvalue weighted by molar-refractivity contribution is 0.0470. The number of hydrogen-bond donors (Lipinski definition) is 1. The molecule has 0 saturated heterocycles. The summed E-state index contributed by atoms with van der Waals surface area (Å²) in [6.07, 6.45) is 4.15. The van der Waals surface area contributed by atoms with E-state index in [4.69, 9.17) is 4.74 Å². The van der Waals surface area contributed by atoms with Crippen molar-refractivity contribution in [3.8, 4) is 0 Å². The van der Waals surface area contributed by atoms with Crippen LogP contribution in [0.15, 0.2) is 30.3 Å². The molecule has 2 rings (SSSR count). The highest BCUT2D eigenvalue weighted by molar-refractivity contribution is 5.91. The first-order chi connectivity index (χ1) is 10.2. The van der Waals surface area contributed by atoms with Gasteiger partial charge in [0.2, 0.25) is 0 Å². The number of aromatic amines is 1. The van der Waals surface area contributed by atoms with Gasteiger partial charge in [0.05, 0.1) is 5.69 Å². The summed E-state index contributed by atoms with van der Waals surface area (Å²) in [5.41, 5.74) is 3.18. The Morgan fingerprint density at radius 3 is 2.71 bits per heavy atom. The van der Waals surface area contributed by atoms with Gasteiger partial charge >= 0.3 is 5.97 Å². The average molecular weight is 286 g/mol. The van der Waals surface area contributed by atoms with Gasteiger partial charge in [-0.3, -0.25) is 5.10 Å².